The zero-order chi connectivity index (χ0) is 24.4. The van der Waals surface area contributed by atoms with Gasteiger partial charge in [-0.15, -0.1) is 11.8 Å². The van der Waals surface area contributed by atoms with Crippen LogP contribution in [0.3, 0.4) is 0 Å². The molecule has 0 fully saturated rings. The van der Waals surface area contributed by atoms with Gasteiger partial charge in [0, 0.05) is 29.9 Å². The Labute approximate surface area is 206 Å². The first-order chi connectivity index (χ1) is 16.9. The summed E-state index contributed by atoms with van der Waals surface area (Å²) in [7, 11) is 0. The Morgan fingerprint density at radius 2 is 1.69 bits per heavy atom. The number of ether oxygens (including phenoxy) is 1. The zero-order valence-corrected chi connectivity index (χ0v) is 19.3. The van der Waals surface area contributed by atoms with E-state index >= 15 is 0 Å². The molecular weight excluding hydrogens is 499 g/mol. The number of hydrogen-bond acceptors (Lipinski definition) is 6. The quantitative estimate of drug-likeness (QED) is 0.181. The molecule has 0 aliphatic heterocycles. The highest BCUT2D eigenvalue weighted by Gasteiger charge is 2.33. The second-order valence-corrected chi connectivity index (χ2v) is 8.78. The zero-order valence-electron chi connectivity index (χ0n) is 17.8. The van der Waals surface area contributed by atoms with Gasteiger partial charge in [0.25, 0.3) is 0 Å². The maximum Gasteiger partial charge on any atom is 0.417 e. The van der Waals surface area contributed by atoms with E-state index in [0.717, 1.165) is 27.9 Å². The number of hydrogen-bond donors (Lipinski definition) is 0. The van der Waals surface area contributed by atoms with Crippen LogP contribution in [0, 0.1) is 0 Å². The molecule has 0 N–H and O–H groups in total. The number of aromatic nitrogens is 5. The lowest BCUT2D eigenvalue weighted by atomic mass is 10.2. The van der Waals surface area contributed by atoms with Crippen molar-refractivity contribution in [3.05, 3.63) is 95.8 Å². The molecule has 0 atom stereocenters. The number of thioether (sulfide) groups is 1. The monoisotopic (exact) mass is 513 g/mol. The summed E-state index contributed by atoms with van der Waals surface area (Å²) in [4.78, 5) is 17.0. The van der Waals surface area contributed by atoms with Gasteiger partial charge in [-0.05, 0) is 42.0 Å². The molecule has 11 heteroatoms. The molecule has 5 rings (SSSR count). The lowest BCUT2D eigenvalue weighted by molar-refractivity contribution is -0.137. The van der Waals surface area contributed by atoms with E-state index in [0.29, 0.717) is 17.3 Å². The van der Waals surface area contributed by atoms with Crippen LogP contribution in [0.15, 0.2) is 84.7 Å². The fourth-order valence-electron chi connectivity index (χ4n) is 3.31. The summed E-state index contributed by atoms with van der Waals surface area (Å²) in [5, 5.41) is 0.435. The summed E-state index contributed by atoms with van der Waals surface area (Å²) in [6, 6.07) is 12.5. The van der Waals surface area contributed by atoms with E-state index in [9.17, 15) is 13.2 Å². The summed E-state index contributed by atoms with van der Waals surface area (Å²) in [5.41, 5.74) is 1.76. The molecule has 0 unspecified atom stereocenters. The molecule has 176 valence electrons. The summed E-state index contributed by atoms with van der Waals surface area (Å²) in [6.07, 6.45) is 3.98. The fourth-order valence-corrected chi connectivity index (χ4v) is 4.35. The van der Waals surface area contributed by atoms with E-state index in [2.05, 4.69) is 19.9 Å². The van der Waals surface area contributed by atoms with Gasteiger partial charge in [0.15, 0.2) is 0 Å². The van der Waals surface area contributed by atoms with Gasteiger partial charge in [-0.2, -0.15) is 13.2 Å². The van der Waals surface area contributed by atoms with Gasteiger partial charge in [0.1, 0.15) is 22.9 Å². The minimum Gasteiger partial charge on any atom is -0.457 e. The van der Waals surface area contributed by atoms with E-state index in [1.807, 2.05) is 28.8 Å². The third kappa shape index (κ3) is 5.23. The van der Waals surface area contributed by atoms with Gasteiger partial charge in [-0.1, -0.05) is 23.7 Å². The standard InChI is InChI=1S/C24H15ClF3N5OS/c25-20-6-5-18(9-19(20)24(26,27)28)34-17-3-1-15(2-4-17)13-35-22-7-8-33-21(12-31-23(33)32-22)16-10-29-14-30-11-16/h1-12,14H,13H2. The Bertz CT molecular complexity index is 1480. The van der Waals surface area contributed by atoms with Gasteiger partial charge in [-0.25, -0.2) is 19.9 Å². The first kappa shape index (κ1) is 23.1. The van der Waals surface area contributed by atoms with Crippen molar-refractivity contribution in [3.63, 3.8) is 0 Å². The first-order valence-electron chi connectivity index (χ1n) is 10.2. The van der Waals surface area contributed by atoms with Crippen LogP contribution in [0.1, 0.15) is 11.1 Å². The molecular formula is C24H15ClF3N5OS. The van der Waals surface area contributed by atoms with E-state index < -0.39 is 11.7 Å². The normalized spacial score (nSPS) is 11.7. The van der Waals surface area contributed by atoms with Crippen LogP contribution in [0.4, 0.5) is 13.2 Å². The maximum atomic E-state index is 13.1. The first-order valence-corrected chi connectivity index (χ1v) is 11.6. The van der Waals surface area contributed by atoms with Gasteiger partial charge in [0.2, 0.25) is 5.78 Å². The Morgan fingerprint density at radius 3 is 2.43 bits per heavy atom. The van der Waals surface area contributed by atoms with Crippen molar-refractivity contribution in [3.8, 4) is 22.8 Å². The molecule has 0 saturated heterocycles. The predicted octanol–water partition coefficient (Wildman–Crippen LogP) is 6.94. The number of benzene rings is 2. The van der Waals surface area contributed by atoms with Crippen LogP contribution in [0.5, 0.6) is 11.5 Å². The highest BCUT2D eigenvalue weighted by Crippen LogP contribution is 2.37. The minimum absolute atomic E-state index is 0.0579. The van der Waals surface area contributed by atoms with E-state index in [1.54, 1.807) is 30.7 Å². The molecule has 0 radical (unpaired) electrons. The summed E-state index contributed by atoms with van der Waals surface area (Å²) in [5.74, 6) is 1.69. The smallest absolute Gasteiger partial charge is 0.417 e. The predicted molar refractivity (Wildman–Crippen MR) is 127 cm³/mol. The number of alkyl halides is 3. The van der Waals surface area contributed by atoms with Crippen molar-refractivity contribution in [1.82, 2.24) is 24.3 Å². The van der Waals surface area contributed by atoms with Gasteiger partial charge in [-0.3, -0.25) is 4.40 Å². The SMILES string of the molecule is FC(F)(F)c1cc(Oc2ccc(CSc3ccn4c(-c5cncnc5)cnc4n3)cc2)ccc1Cl. The van der Waals surface area contributed by atoms with Crippen molar-refractivity contribution in [2.75, 3.05) is 0 Å². The molecule has 0 saturated carbocycles. The molecule has 2 aromatic carbocycles. The molecule has 0 spiro atoms. The van der Waals surface area contributed by atoms with Gasteiger partial charge >= 0.3 is 6.18 Å². The molecule has 3 heterocycles. The highest BCUT2D eigenvalue weighted by atomic mass is 35.5. The number of fused-ring (bicyclic) bond motifs is 1. The van der Waals surface area contributed by atoms with E-state index in [1.165, 1.54) is 30.2 Å². The Kier molecular flexibility index (Phi) is 6.31. The van der Waals surface area contributed by atoms with Crippen LogP contribution >= 0.6 is 23.4 Å². The summed E-state index contributed by atoms with van der Waals surface area (Å²) in [6.45, 7) is 0. The van der Waals surface area contributed by atoms with Crippen LogP contribution in [0.25, 0.3) is 17.0 Å². The molecule has 0 bridgehead atoms. The molecule has 3 aromatic heterocycles. The molecule has 0 amide bonds. The average Bonchev–Trinajstić information content (AvgIpc) is 3.28. The summed E-state index contributed by atoms with van der Waals surface area (Å²) < 4.78 is 46.6. The second-order valence-electron chi connectivity index (χ2n) is 7.38. The Balaban J connectivity index is 1.24. The van der Waals surface area contributed by atoms with Crippen molar-refractivity contribution in [1.29, 1.82) is 0 Å². The molecule has 0 aliphatic carbocycles. The number of halogens is 4. The lowest BCUT2D eigenvalue weighted by Crippen LogP contribution is -2.05. The van der Waals surface area contributed by atoms with E-state index in [-0.39, 0.29) is 10.8 Å². The Hall–Kier alpha value is -3.63. The fraction of sp³-hybridized carbons (Fsp3) is 0.0833. The van der Waals surface area contributed by atoms with Crippen molar-refractivity contribution in [2.45, 2.75) is 17.0 Å². The van der Waals surface area contributed by atoms with Crippen molar-refractivity contribution < 1.29 is 17.9 Å². The minimum atomic E-state index is -4.55. The number of nitrogens with zero attached hydrogens (tertiary/aromatic N) is 5. The van der Waals surface area contributed by atoms with Crippen molar-refractivity contribution in [2.24, 2.45) is 0 Å². The molecule has 0 aliphatic rings. The number of imidazole rings is 1. The topological polar surface area (TPSA) is 65.2 Å². The maximum absolute atomic E-state index is 13.1. The highest BCUT2D eigenvalue weighted by molar-refractivity contribution is 7.98. The van der Waals surface area contributed by atoms with Gasteiger partial charge in [0.05, 0.1) is 22.5 Å². The van der Waals surface area contributed by atoms with Gasteiger partial charge < -0.3 is 4.74 Å². The average molecular weight is 514 g/mol. The largest absolute Gasteiger partial charge is 0.457 e. The Morgan fingerprint density at radius 1 is 0.943 bits per heavy atom. The van der Waals surface area contributed by atoms with Crippen LogP contribution in [0.2, 0.25) is 5.02 Å². The molecule has 35 heavy (non-hydrogen) atoms. The summed E-state index contributed by atoms with van der Waals surface area (Å²) >= 11 is 7.20. The van der Waals surface area contributed by atoms with Crippen LogP contribution in [-0.4, -0.2) is 24.3 Å². The third-order valence-electron chi connectivity index (χ3n) is 5.00. The van der Waals surface area contributed by atoms with Crippen molar-refractivity contribution >= 4 is 29.1 Å². The molecule has 6 nitrogen and oxygen atoms in total. The second kappa shape index (κ2) is 9.55. The third-order valence-corrected chi connectivity index (χ3v) is 6.33. The molecule has 5 aromatic rings. The van der Waals surface area contributed by atoms with Crippen LogP contribution in [-0.2, 0) is 11.9 Å². The number of rotatable bonds is 6. The lowest BCUT2D eigenvalue weighted by Gasteiger charge is -2.12. The van der Waals surface area contributed by atoms with Crippen LogP contribution < -0.4 is 4.74 Å². The van der Waals surface area contributed by atoms with E-state index in [4.69, 9.17) is 16.3 Å².